The number of rotatable bonds is 2. The highest BCUT2D eigenvalue weighted by molar-refractivity contribution is 6.34. The van der Waals surface area contributed by atoms with Crippen LogP contribution in [-0.4, -0.2) is 16.7 Å². The summed E-state index contributed by atoms with van der Waals surface area (Å²) < 4.78 is 0. The fraction of sp³-hybridized carbons (Fsp3) is 0.0909. The third-order valence-corrected chi connectivity index (χ3v) is 2.28. The van der Waals surface area contributed by atoms with Crippen LogP contribution in [0, 0.1) is 12.3 Å². The monoisotopic (exact) mass is 217 g/mol. The molecule has 1 aromatic carbocycles. The summed E-state index contributed by atoms with van der Waals surface area (Å²) in [5.74, 6) is 3.14. The molecule has 1 heterocycles. The van der Waals surface area contributed by atoms with E-state index in [4.69, 9.17) is 18.0 Å². The lowest BCUT2D eigenvalue weighted by Gasteiger charge is -2.05. The molecule has 0 aliphatic carbocycles. The van der Waals surface area contributed by atoms with Crippen molar-refractivity contribution in [3.8, 4) is 12.3 Å². The number of benzene rings is 1. The van der Waals surface area contributed by atoms with E-state index >= 15 is 0 Å². The van der Waals surface area contributed by atoms with Gasteiger partial charge >= 0.3 is 0 Å². The molecule has 2 rings (SSSR count). The van der Waals surface area contributed by atoms with E-state index in [1.54, 1.807) is 0 Å². The second-order valence-corrected chi connectivity index (χ2v) is 3.30. The first-order valence-electron chi connectivity index (χ1n) is 4.41. The molecule has 1 N–H and O–H groups in total. The lowest BCUT2D eigenvalue weighted by atomic mass is 10.2. The second kappa shape index (κ2) is 4.16. The van der Waals surface area contributed by atoms with Crippen molar-refractivity contribution in [1.82, 2.24) is 10.2 Å². The van der Waals surface area contributed by atoms with Crippen molar-refractivity contribution in [3.05, 3.63) is 29.4 Å². The largest absolute Gasteiger partial charge is 0.357 e. The molecule has 0 unspecified atom stereocenters. The van der Waals surface area contributed by atoms with Crippen molar-refractivity contribution >= 4 is 28.2 Å². The molecule has 0 aliphatic rings. The first-order chi connectivity index (χ1) is 7.33. The first kappa shape index (κ1) is 9.75. The Hall–Kier alpha value is -1.79. The summed E-state index contributed by atoms with van der Waals surface area (Å²) in [5.41, 5.74) is 0. The summed E-state index contributed by atoms with van der Waals surface area (Å²) in [5, 5.41) is 13.0. The van der Waals surface area contributed by atoms with E-state index in [2.05, 4.69) is 21.4 Å². The molecule has 1 aromatic heterocycles. The number of nitrogens with zero attached hydrogens (tertiary/aromatic N) is 2. The van der Waals surface area contributed by atoms with Gasteiger partial charge in [0.1, 0.15) is 0 Å². The van der Waals surface area contributed by atoms with Crippen LogP contribution in [0.1, 0.15) is 0 Å². The Bertz CT molecular complexity index is 531. The summed E-state index contributed by atoms with van der Waals surface area (Å²) in [6.07, 6.45) is 5.16. The number of nitrogens with one attached hydrogen (secondary N) is 1. The van der Waals surface area contributed by atoms with Crippen molar-refractivity contribution in [2.45, 2.75) is 0 Å². The van der Waals surface area contributed by atoms with Crippen LogP contribution >= 0.6 is 11.6 Å². The fourth-order valence-corrected chi connectivity index (χ4v) is 1.54. The van der Waals surface area contributed by atoms with Gasteiger partial charge in [-0.25, -0.2) is 0 Å². The minimum absolute atomic E-state index is 0.400. The van der Waals surface area contributed by atoms with Gasteiger partial charge in [-0.3, -0.25) is 0 Å². The third-order valence-electron chi connectivity index (χ3n) is 2.00. The van der Waals surface area contributed by atoms with E-state index in [0.717, 1.165) is 10.8 Å². The summed E-state index contributed by atoms with van der Waals surface area (Å²) in [7, 11) is 0. The quantitative estimate of drug-likeness (QED) is 0.785. The number of terminal acetylenes is 1. The van der Waals surface area contributed by atoms with Gasteiger partial charge in [0.2, 0.25) is 0 Å². The topological polar surface area (TPSA) is 37.8 Å². The molecule has 0 radical (unpaired) electrons. The van der Waals surface area contributed by atoms with E-state index in [-0.39, 0.29) is 0 Å². The van der Waals surface area contributed by atoms with Crippen molar-refractivity contribution in [2.75, 3.05) is 11.9 Å². The van der Waals surface area contributed by atoms with Crippen LogP contribution in [0.2, 0.25) is 5.15 Å². The maximum absolute atomic E-state index is 5.92. The molecule has 0 spiro atoms. The molecular weight excluding hydrogens is 210 g/mol. The smallest absolute Gasteiger partial charge is 0.159 e. The van der Waals surface area contributed by atoms with Gasteiger partial charge in [-0.15, -0.1) is 16.6 Å². The zero-order valence-corrected chi connectivity index (χ0v) is 8.62. The van der Waals surface area contributed by atoms with Gasteiger partial charge in [-0.1, -0.05) is 41.8 Å². The molecule has 0 fully saturated rings. The van der Waals surface area contributed by atoms with E-state index in [1.165, 1.54) is 0 Å². The van der Waals surface area contributed by atoms with Crippen LogP contribution in [-0.2, 0) is 0 Å². The van der Waals surface area contributed by atoms with Crippen LogP contribution in [0.5, 0.6) is 0 Å². The van der Waals surface area contributed by atoms with Gasteiger partial charge in [0, 0.05) is 10.8 Å². The summed E-state index contributed by atoms with van der Waals surface area (Å²) >= 11 is 5.92. The van der Waals surface area contributed by atoms with E-state index in [9.17, 15) is 0 Å². The zero-order chi connectivity index (χ0) is 10.7. The minimum atomic E-state index is 0.400. The summed E-state index contributed by atoms with van der Waals surface area (Å²) in [6, 6.07) is 7.64. The Kier molecular flexibility index (Phi) is 2.70. The Morgan fingerprint density at radius 3 is 2.73 bits per heavy atom. The molecular formula is C11H8ClN3. The Morgan fingerprint density at radius 2 is 2.00 bits per heavy atom. The average Bonchev–Trinajstić information content (AvgIpc) is 2.29. The van der Waals surface area contributed by atoms with Crippen LogP contribution < -0.4 is 5.32 Å². The maximum atomic E-state index is 5.92. The Morgan fingerprint density at radius 1 is 1.27 bits per heavy atom. The molecule has 0 amide bonds. The van der Waals surface area contributed by atoms with Crippen molar-refractivity contribution in [2.24, 2.45) is 0 Å². The molecule has 3 nitrogen and oxygen atoms in total. The van der Waals surface area contributed by atoms with Crippen LogP contribution in [0.15, 0.2) is 24.3 Å². The highest BCUT2D eigenvalue weighted by Crippen LogP contribution is 2.25. The number of aromatic nitrogens is 2. The van der Waals surface area contributed by atoms with Gasteiger partial charge in [-0.05, 0) is 0 Å². The molecule has 0 bridgehead atoms. The summed E-state index contributed by atoms with van der Waals surface area (Å²) in [4.78, 5) is 0. The van der Waals surface area contributed by atoms with Gasteiger partial charge < -0.3 is 5.32 Å². The predicted octanol–water partition coefficient (Wildman–Crippen LogP) is 2.33. The lowest BCUT2D eigenvalue weighted by molar-refractivity contribution is 1.04. The zero-order valence-electron chi connectivity index (χ0n) is 7.87. The van der Waals surface area contributed by atoms with Gasteiger partial charge in [0.15, 0.2) is 11.0 Å². The number of hydrogen-bond acceptors (Lipinski definition) is 3. The summed E-state index contributed by atoms with van der Waals surface area (Å²) in [6.45, 7) is 0.417. The van der Waals surface area contributed by atoms with Gasteiger partial charge in [0.05, 0.1) is 6.54 Å². The molecule has 2 aromatic rings. The highest BCUT2D eigenvalue weighted by Gasteiger charge is 2.05. The molecule has 0 atom stereocenters. The van der Waals surface area contributed by atoms with Crippen LogP contribution in [0.25, 0.3) is 10.8 Å². The maximum Gasteiger partial charge on any atom is 0.159 e. The van der Waals surface area contributed by atoms with Crippen molar-refractivity contribution in [3.63, 3.8) is 0 Å². The van der Waals surface area contributed by atoms with Gasteiger partial charge in [0.25, 0.3) is 0 Å². The number of hydrogen-bond donors (Lipinski definition) is 1. The van der Waals surface area contributed by atoms with Crippen molar-refractivity contribution < 1.29 is 0 Å². The fourth-order valence-electron chi connectivity index (χ4n) is 1.34. The third kappa shape index (κ3) is 1.85. The average molecular weight is 218 g/mol. The highest BCUT2D eigenvalue weighted by atomic mass is 35.5. The van der Waals surface area contributed by atoms with Crippen LogP contribution in [0.3, 0.4) is 0 Å². The van der Waals surface area contributed by atoms with Crippen molar-refractivity contribution in [1.29, 1.82) is 0 Å². The molecule has 0 saturated heterocycles. The molecule has 0 aliphatic heterocycles. The van der Waals surface area contributed by atoms with E-state index in [0.29, 0.717) is 17.5 Å². The predicted molar refractivity (Wildman–Crippen MR) is 61.9 cm³/mol. The number of anilines is 1. The van der Waals surface area contributed by atoms with E-state index < -0.39 is 0 Å². The normalized spacial score (nSPS) is 9.87. The van der Waals surface area contributed by atoms with E-state index in [1.807, 2.05) is 24.3 Å². The molecule has 4 heteroatoms. The second-order valence-electron chi connectivity index (χ2n) is 2.94. The number of halogens is 1. The van der Waals surface area contributed by atoms with Crippen LogP contribution in [0.4, 0.5) is 5.82 Å². The molecule has 15 heavy (non-hydrogen) atoms. The molecule has 0 saturated carbocycles. The first-order valence-corrected chi connectivity index (χ1v) is 4.79. The standard InChI is InChI=1S/C11H8ClN3/c1-2-7-13-11-9-6-4-3-5-8(9)10(12)14-15-11/h1,3-6H,7H2,(H,13,15). The van der Waals surface area contributed by atoms with Gasteiger partial charge in [-0.2, -0.15) is 0 Å². The Labute approximate surface area is 92.5 Å². The lowest BCUT2D eigenvalue weighted by Crippen LogP contribution is -2.02. The number of fused-ring (bicyclic) bond motifs is 1. The Balaban J connectivity index is 2.57. The molecule has 74 valence electrons. The SMILES string of the molecule is C#CCNc1nnc(Cl)c2ccccc12. The minimum Gasteiger partial charge on any atom is -0.357 e.